The van der Waals surface area contributed by atoms with Crippen molar-refractivity contribution in [1.29, 1.82) is 0 Å². The van der Waals surface area contributed by atoms with Crippen molar-refractivity contribution in [3.05, 3.63) is 38.4 Å². The number of methoxy groups -OCH3 is 2. The Balaban J connectivity index is 2.27. The fraction of sp³-hybridized carbons (Fsp3) is 0.353. The highest BCUT2D eigenvalue weighted by molar-refractivity contribution is 7.07. The molecule has 0 aliphatic rings. The molecule has 0 atom stereocenters. The molecular formula is C17H18F2N2O6S. The average molecular weight is 416 g/mol. The first kappa shape index (κ1) is 21.4. The number of hydrogen-bond acceptors (Lipinski definition) is 7. The number of aromatic nitrogens is 1. The van der Waals surface area contributed by atoms with Gasteiger partial charge in [-0.2, -0.15) is 8.78 Å². The number of amides is 1. The second-order valence-electron chi connectivity index (χ2n) is 5.51. The van der Waals surface area contributed by atoms with Crippen LogP contribution in [0.2, 0.25) is 0 Å². The molecule has 1 aromatic carbocycles. The number of rotatable bonds is 8. The Hall–Kier alpha value is -2.95. The lowest BCUT2D eigenvalue weighted by molar-refractivity contribution is -0.116. The molecule has 0 bridgehead atoms. The van der Waals surface area contributed by atoms with Crippen LogP contribution in [-0.2, 0) is 16.1 Å². The molecule has 152 valence electrons. The number of anilines is 1. The monoisotopic (exact) mass is 416 g/mol. The minimum atomic E-state index is -3.13. The van der Waals surface area contributed by atoms with Crippen LogP contribution in [0.1, 0.15) is 22.5 Å². The van der Waals surface area contributed by atoms with Gasteiger partial charge < -0.3 is 24.1 Å². The minimum Gasteiger partial charge on any atom is -0.493 e. The molecular weight excluding hydrogens is 398 g/mol. The predicted octanol–water partition coefficient (Wildman–Crippen LogP) is 2.64. The number of carbonyl (C=O) groups excluding carboxylic acids is 2. The lowest BCUT2D eigenvalue weighted by Gasteiger charge is -2.15. The van der Waals surface area contributed by atoms with Gasteiger partial charge in [0.2, 0.25) is 5.91 Å². The Morgan fingerprint density at radius 2 is 1.96 bits per heavy atom. The number of esters is 1. The number of alkyl halides is 2. The van der Waals surface area contributed by atoms with Crippen LogP contribution in [0.25, 0.3) is 0 Å². The molecule has 8 nitrogen and oxygen atoms in total. The molecule has 1 heterocycles. The number of hydrogen-bond donors (Lipinski definition) is 1. The number of ether oxygens (including phenoxy) is 3. The maximum atomic E-state index is 12.6. The summed E-state index contributed by atoms with van der Waals surface area (Å²) in [5.41, 5.74) is 0.538. The Morgan fingerprint density at radius 3 is 2.50 bits per heavy atom. The predicted molar refractivity (Wildman–Crippen MR) is 97.5 cm³/mol. The van der Waals surface area contributed by atoms with Crippen LogP contribution in [0.15, 0.2) is 22.3 Å². The van der Waals surface area contributed by atoms with Crippen LogP contribution >= 0.6 is 11.3 Å². The number of halogens is 2. The maximum absolute atomic E-state index is 12.6. The number of thiazole rings is 1. The molecule has 0 unspecified atom stereocenters. The van der Waals surface area contributed by atoms with E-state index in [0.29, 0.717) is 0 Å². The molecule has 11 heteroatoms. The first-order valence-electron chi connectivity index (χ1n) is 7.96. The van der Waals surface area contributed by atoms with Crippen LogP contribution in [0, 0.1) is 6.92 Å². The smallest absolute Gasteiger partial charge is 0.387 e. The van der Waals surface area contributed by atoms with Gasteiger partial charge in [0.15, 0.2) is 11.5 Å². The molecule has 2 rings (SSSR count). The van der Waals surface area contributed by atoms with E-state index in [2.05, 4.69) is 14.8 Å². The molecule has 0 fully saturated rings. The summed E-state index contributed by atoms with van der Waals surface area (Å²) in [6.45, 7) is -1.26. The van der Waals surface area contributed by atoms with Crippen LogP contribution in [0.3, 0.4) is 0 Å². The van der Waals surface area contributed by atoms with Gasteiger partial charge >= 0.3 is 17.5 Å². The van der Waals surface area contributed by atoms with Crippen molar-refractivity contribution in [2.75, 3.05) is 19.5 Å². The molecule has 2 aromatic rings. The van der Waals surface area contributed by atoms with E-state index in [1.807, 2.05) is 0 Å². The molecule has 0 spiro atoms. The fourth-order valence-corrected chi connectivity index (χ4v) is 3.15. The third kappa shape index (κ3) is 5.06. The Kier molecular flexibility index (Phi) is 7.10. The number of nitrogens with zero attached hydrogens (tertiary/aromatic N) is 1. The second kappa shape index (κ2) is 9.31. The highest BCUT2D eigenvalue weighted by Crippen LogP contribution is 2.35. The number of aryl methyl sites for hydroxylation is 1. The van der Waals surface area contributed by atoms with Gasteiger partial charge in [0, 0.05) is 36.2 Å². The molecule has 1 N–H and O–H groups in total. The molecule has 1 amide bonds. The van der Waals surface area contributed by atoms with Crippen LogP contribution in [0.4, 0.5) is 14.5 Å². The third-order valence-corrected chi connectivity index (χ3v) is 4.62. The van der Waals surface area contributed by atoms with Crippen molar-refractivity contribution < 1.29 is 32.6 Å². The quantitative estimate of drug-likeness (QED) is 0.665. The van der Waals surface area contributed by atoms with Gasteiger partial charge in [0.1, 0.15) is 0 Å². The molecule has 0 saturated carbocycles. The van der Waals surface area contributed by atoms with Crippen molar-refractivity contribution in [1.82, 2.24) is 4.57 Å². The standard InChI is InChI=1S/C17H18F2N2O6S/c1-9-8-28-17(24)21(9)5-4-14(22)20-11-7-13(27-16(18)19)12(25-2)6-10(11)15(23)26-3/h6-8,16H,4-5H2,1-3H3,(H,20,22). The van der Waals surface area contributed by atoms with Crippen LogP contribution in [0.5, 0.6) is 11.5 Å². The second-order valence-corrected chi connectivity index (χ2v) is 6.33. The van der Waals surface area contributed by atoms with Crippen molar-refractivity contribution in [3.63, 3.8) is 0 Å². The van der Waals surface area contributed by atoms with Gasteiger partial charge in [-0.1, -0.05) is 11.3 Å². The zero-order chi connectivity index (χ0) is 20.8. The molecule has 28 heavy (non-hydrogen) atoms. The van der Waals surface area contributed by atoms with E-state index in [1.165, 1.54) is 11.7 Å². The summed E-state index contributed by atoms with van der Waals surface area (Å²) in [4.78, 5) is 35.8. The Bertz CT molecular complexity index is 925. The molecule has 0 aliphatic heterocycles. The van der Waals surface area contributed by atoms with Gasteiger partial charge in [-0.25, -0.2) is 4.79 Å². The third-order valence-electron chi connectivity index (χ3n) is 3.74. The molecule has 0 radical (unpaired) electrons. The van der Waals surface area contributed by atoms with Crippen molar-refractivity contribution >= 4 is 28.9 Å². The van der Waals surface area contributed by atoms with Crippen LogP contribution in [-0.4, -0.2) is 37.3 Å². The van der Waals surface area contributed by atoms with E-state index in [-0.39, 0.29) is 40.6 Å². The maximum Gasteiger partial charge on any atom is 0.387 e. The van der Waals surface area contributed by atoms with Crippen molar-refractivity contribution in [2.24, 2.45) is 0 Å². The summed E-state index contributed by atoms with van der Waals surface area (Å²) in [7, 11) is 2.35. The van der Waals surface area contributed by atoms with Gasteiger partial charge in [-0.15, -0.1) is 0 Å². The molecule has 1 aromatic heterocycles. The molecule has 0 saturated heterocycles. The van der Waals surface area contributed by atoms with Crippen molar-refractivity contribution in [2.45, 2.75) is 26.5 Å². The summed E-state index contributed by atoms with van der Waals surface area (Å²) in [5, 5.41) is 4.13. The largest absolute Gasteiger partial charge is 0.493 e. The summed E-state index contributed by atoms with van der Waals surface area (Å²) >= 11 is 1.02. The van der Waals surface area contributed by atoms with E-state index in [0.717, 1.165) is 36.3 Å². The minimum absolute atomic E-state index is 0.0742. The van der Waals surface area contributed by atoms with E-state index >= 15 is 0 Å². The highest BCUT2D eigenvalue weighted by Gasteiger charge is 2.21. The Labute approximate surface area is 162 Å². The summed E-state index contributed by atoms with van der Waals surface area (Å²) in [6.07, 6.45) is -0.0742. The number of nitrogens with one attached hydrogen (secondary N) is 1. The summed E-state index contributed by atoms with van der Waals surface area (Å²) < 4.78 is 40.6. The zero-order valence-corrected chi connectivity index (χ0v) is 16.1. The van der Waals surface area contributed by atoms with E-state index in [4.69, 9.17) is 4.74 Å². The zero-order valence-electron chi connectivity index (χ0n) is 15.3. The number of carbonyl (C=O) groups is 2. The van der Waals surface area contributed by atoms with Crippen LogP contribution < -0.4 is 19.7 Å². The van der Waals surface area contributed by atoms with E-state index in [9.17, 15) is 23.2 Å². The summed E-state index contributed by atoms with van der Waals surface area (Å²) in [5.74, 6) is -1.82. The lowest BCUT2D eigenvalue weighted by Crippen LogP contribution is -2.21. The van der Waals surface area contributed by atoms with Gasteiger partial charge in [0.25, 0.3) is 0 Å². The summed E-state index contributed by atoms with van der Waals surface area (Å²) in [6, 6.07) is 2.18. The first-order valence-corrected chi connectivity index (χ1v) is 8.84. The van der Waals surface area contributed by atoms with Gasteiger partial charge in [-0.05, 0) is 6.92 Å². The highest BCUT2D eigenvalue weighted by atomic mass is 32.1. The lowest BCUT2D eigenvalue weighted by atomic mass is 10.1. The van der Waals surface area contributed by atoms with Gasteiger partial charge in [-0.3, -0.25) is 9.59 Å². The van der Waals surface area contributed by atoms with Crippen molar-refractivity contribution in [3.8, 4) is 11.5 Å². The average Bonchev–Trinajstić information content (AvgIpc) is 2.97. The number of benzene rings is 1. The normalized spacial score (nSPS) is 10.6. The van der Waals surface area contributed by atoms with E-state index < -0.39 is 18.5 Å². The van der Waals surface area contributed by atoms with E-state index in [1.54, 1.807) is 12.3 Å². The Morgan fingerprint density at radius 1 is 1.25 bits per heavy atom. The SMILES string of the molecule is COC(=O)c1cc(OC)c(OC(F)F)cc1NC(=O)CCn1c(C)csc1=O. The van der Waals surface area contributed by atoms with Gasteiger partial charge in [0.05, 0.1) is 25.5 Å². The fourth-order valence-electron chi connectivity index (χ4n) is 2.39. The topological polar surface area (TPSA) is 95.9 Å². The molecule has 0 aliphatic carbocycles. The first-order chi connectivity index (χ1) is 13.3.